The molecule has 0 unspecified atom stereocenters. The van der Waals surface area contributed by atoms with Crippen LogP contribution < -0.4 is 15.1 Å². The molecule has 6 heteroatoms. The van der Waals surface area contributed by atoms with E-state index in [0.717, 1.165) is 49.8 Å². The van der Waals surface area contributed by atoms with Gasteiger partial charge in [-0.05, 0) is 42.9 Å². The molecule has 1 aromatic heterocycles. The first-order valence-corrected chi connectivity index (χ1v) is 9.09. The molecule has 2 heterocycles. The number of nitrogens with zero attached hydrogens (tertiary/aromatic N) is 4. The standard InChI is InChI=1S/C20H27N5O/c1-4-24-11-13-25(14-12-24)18-9-10-19(21-15-18)20(26)22-16-5-7-17(8-6-16)23(2)3/h5-10,15H,4,11-14H2,1-3H3,(H,22,26). The third-order valence-corrected chi connectivity index (χ3v) is 4.81. The van der Waals surface area contributed by atoms with Crippen molar-refractivity contribution in [1.82, 2.24) is 9.88 Å². The van der Waals surface area contributed by atoms with Gasteiger partial charge in [-0.3, -0.25) is 4.79 Å². The van der Waals surface area contributed by atoms with Gasteiger partial charge < -0.3 is 20.0 Å². The highest BCUT2D eigenvalue weighted by atomic mass is 16.1. The molecule has 1 aromatic carbocycles. The molecule has 1 saturated heterocycles. The van der Waals surface area contributed by atoms with E-state index in [1.54, 1.807) is 12.3 Å². The van der Waals surface area contributed by atoms with Crippen LogP contribution >= 0.6 is 0 Å². The van der Waals surface area contributed by atoms with E-state index in [1.165, 1.54) is 0 Å². The summed E-state index contributed by atoms with van der Waals surface area (Å²) < 4.78 is 0. The van der Waals surface area contributed by atoms with E-state index in [-0.39, 0.29) is 5.91 Å². The molecule has 1 aliphatic rings. The van der Waals surface area contributed by atoms with E-state index in [4.69, 9.17) is 0 Å². The Balaban J connectivity index is 1.60. The lowest BCUT2D eigenvalue weighted by atomic mass is 10.2. The van der Waals surface area contributed by atoms with Crippen LogP contribution in [0.4, 0.5) is 17.1 Å². The average molecular weight is 353 g/mol. The van der Waals surface area contributed by atoms with Gasteiger partial charge in [-0.25, -0.2) is 4.98 Å². The summed E-state index contributed by atoms with van der Waals surface area (Å²) in [6.07, 6.45) is 1.80. The third kappa shape index (κ3) is 4.32. The molecule has 0 aliphatic carbocycles. The fourth-order valence-corrected chi connectivity index (χ4v) is 3.07. The third-order valence-electron chi connectivity index (χ3n) is 4.81. The van der Waals surface area contributed by atoms with Crippen molar-refractivity contribution in [3.63, 3.8) is 0 Å². The predicted molar refractivity (Wildman–Crippen MR) is 107 cm³/mol. The number of aromatic nitrogens is 1. The number of piperazine rings is 1. The van der Waals surface area contributed by atoms with Gasteiger partial charge in [-0.15, -0.1) is 0 Å². The summed E-state index contributed by atoms with van der Waals surface area (Å²) in [6.45, 7) is 7.43. The van der Waals surface area contributed by atoms with Crippen molar-refractivity contribution in [3.8, 4) is 0 Å². The highest BCUT2D eigenvalue weighted by molar-refractivity contribution is 6.03. The van der Waals surface area contributed by atoms with Crippen LogP contribution in [0.5, 0.6) is 0 Å². The Bertz CT molecular complexity index is 719. The SMILES string of the molecule is CCN1CCN(c2ccc(C(=O)Nc3ccc(N(C)C)cc3)nc2)CC1. The number of nitrogens with one attached hydrogen (secondary N) is 1. The number of hydrogen-bond acceptors (Lipinski definition) is 5. The molecule has 0 spiro atoms. The molecule has 1 amide bonds. The first-order valence-electron chi connectivity index (χ1n) is 9.09. The molecule has 2 aromatic rings. The Kier molecular flexibility index (Phi) is 5.73. The number of carbonyl (C=O) groups excluding carboxylic acids is 1. The first-order chi connectivity index (χ1) is 12.6. The second-order valence-electron chi connectivity index (χ2n) is 6.72. The zero-order chi connectivity index (χ0) is 18.5. The van der Waals surface area contributed by atoms with Gasteiger partial charge in [0.25, 0.3) is 5.91 Å². The van der Waals surface area contributed by atoms with Crippen molar-refractivity contribution in [2.24, 2.45) is 0 Å². The highest BCUT2D eigenvalue weighted by Crippen LogP contribution is 2.18. The molecule has 138 valence electrons. The number of carbonyl (C=O) groups is 1. The molecule has 1 N–H and O–H groups in total. The van der Waals surface area contributed by atoms with Crippen molar-refractivity contribution in [1.29, 1.82) is 0 Å². The number of anilines is 3. The van der Waals surface area contributed by atoms with Gasteiger partial charge in [0.1, 0.15) is 5.69 Å². The average Bonchev–Trinajstić information content (AvgIpc) is 2.68. The topological polar surface area (TPSA) is 51.7 Å². The molecule has 3 rings (SSSR count). The summed E-state index contributed by atoms with van der Waals surface area (Å²) in [5, 5.41) is 2.90. The monoisotopic (exact) mass is 353 g/mol. The second kappa shape index (κ2) is 8.19. The van der Waals surface area contributed by atoms with Crippen LogP contribution in [0.15, 0.2) is 42.6 Å². The molecule has 0 atom stereocenters. The van der Waals surface area contributed by atoms with Crippen LogP contribution in [0, 0.1) is 0 Å². The summed E-state index contributed by atoms with van der Waals surface area (Å²) in [4.78, 5) is 23.5. The number of amides is 1. The van der Waals surface area contributed by atoms with Gasteiger partial charge in [0.05, 0.1) is 11.9 Å². The minimum Gasteiger partial charge on any atom is -0.378 e. The molecule has 6 nitrogen and oxygen atoms in total. The Morgan fingerprint density at radius 1 is 1.08 bits per heavy atom. The number of hydrogen-bond donors (Lipinski definition) is 1. The van der Waals surface area contributed by atoms with E-state index < -0.39 is 0 Å². The lowest BCUT2D eigenvalue weighted by Gasteiger charge is -2.35. The zero-order valence-corrected chi connectivity index (χ0v) is 15.8. The Labute approximate surface area is 155 Å². The number of likely N-dealkylation sites (N-methyl/N-ethyl adjacent to an activating group) is 1. The summed E-state index contributed by atoms with van der Waals surface area (Å²) in [5.41, 5.74) is 3.36. The van der Waals surface area contributed by atoms with Crippen molar-refractivity contribution in [2.45, 2.75) is 6.92 Å². The Morgan fingerprint density at radius 2 is 1.77 bits per heavy atom. The van der Waals surface area contributed by atoms with Crippen LogP contribution in [-0.2, 0) is 0 Å². The smallest absolute Gasteiger partial charge is 0.274 e. The van der Waals surface area contributed by atoms with Gasteiger partial charge in [-0.1, -0.05) is 6.92 Å². The van der Waals surface area contributed by atoms with Crippen molar-refractivity contribution in [3.05, 3.63) is 48.3 Å². The van der Waals surface area contributed by atoms with Gasteiger partial charge in [0, 0.05) is 51.6 Å². The van der Waals surface area contributed by atoms with Crippen molar-refractivity contribution in [2.75, 3.05) is 61.9 Å². The van der Waals surface area contributed by atoms with Gasteiger partial charge in [0.15, 0.2) is 0 Å². The van der Waals surface area contributed by atoms with Crippen molar-refractivity contribution < 1.29 is 4.79 Å². The summed E-state index contributed by atoms with van der Waals surface area (Å²) >= 11 is 0. The maximum absolute atomic E-state index is 12.4. The molecule has 0 saturated carbocycles. The quantitative estimate of drug-likeness (QED) is 0.895. The normalized spacial score (nSPS) is 15.0. The summed E-state index contributed by atoms with van der Waals surface area (Å²) in [5.74, 6) is -0.190. The van der Waals surface area contributed by atoms with Crippen LogP contribution in [0.3, 0.4) is 0 Å². The number of benzene rings is 1. The van der Waals surface area contributed by atoms with Gasteiger partial charge in [0.2, 0.25) is 0 Å². The van der Waals surface area contributed by atoms with E-state index in [2.05, 4.69) is 27.0 Å². The lowest BCUT2D eigenvalue weighted by Crippen LogP contribution is -2.46. The van der Waals surface area contributed by atoms with Gasteiger partial charge in [-0.2, -0.15) is 0 Å². The Morgan fingerprint density at radius 3 is 2.31 bits per heavy atom. The Hall–Kier alpha value is -2.60. The fourth-order valence-electron chi connectivity index (χ4n) is 3.07. The minimum absolute atomic E-state index is 0.190. The zero-order valence-electron chi connectivity index (χ0n) is 15.8. The molecule has 0 radical (unpaired) electrons. The van der Waals surface area contributed by atoms with E-state index in [1.807, 2.05) is 49.3 Å². The molecular weight excluding hydrogens is 326 g/mol. The first kappa shape index (κ1) is 18.2. The predicted octanol–water partition coefficient (Wildman–Crippen LogP) is 2.54. The fraction of sp³-hybridized carbons (Fsp3) is 0.400. The van der Waals surface area contributed by atoms with Crippen molar-refractivity contribution >= 4 is 23.0 Å². The van der Waals surface area contributed by atoms with E-state index >= 15 is 0 Å². The van der Waals surface area contributed by atoms with E-state index in [9.17, 15) is 4.79 Å². The highest BCUT2D eigenvalue weighted by Gasteiger charge is 2.16. The largest absolute Gasteiger partial charge is 0.378 e. The lowest BCUT2D eigenvalue weighted by molar-refractivity contribution is 0.102. The number of rotatable bonds is 5. The number of pyridine rings is 1. The van der Waals surface area contributed by atoms with Crippen LogP contribution in [-0.4, -0.2) is 62.6 Å². The van der Waals surface area contributed by atoms with Gasteiger partial charge >= 0.3 is 0 Å². The minimum atomic E-state index is -0.190. The molecule has 0 bridgehead atoms. The second-order valence-corrected chi connectivity index (χ2v) is 6.72. The van der Waals surface area contributed by atoms with Crippen LogP contribution in [0.2, 0.25) is 0 Å². The molecule has 1 aliphatic heterocycles. The summed E-state index contributed by atoms with van der Waals surface area (Å²) in [7, 11) is 3.97. The van der Waals surface area contributed by atoms with E-state index in [0.29, 0.717) is 5.69 Å². The van der Waals surface area contributed by atoms with Crippen LogP contribution in [0.25, 0.3) is 0 Å². The molecule has 26 heavy (non-hydrogen) atoms. The molecular formula is C20H27N5O. The maximum atomic E-state index is 12.4. The molecule has 1 fully saturated rings. The maximum Gasteiger partial charge on any atom is 0.274 e. The van der Waals surface area contributed by atoms with Crippen LogP contribution in [0.1, 0.15) is 17.4 Å². The summed E-state index contributed by atoms with van der Waals surface area (Å²) in [6, 6.07) is 11.5.